The number of thioether (sulfide) groups is 2. The second kappa shape index (κ2) is 6.60. The van der Waals surface area contributed by atoms with Gasteiger partial charge in [-0.2, -0.15) is 23.5 Å². The van der Waals surface area contributed by atoms with Crippen LogP contribution in [0.5, 0.6) is 0 Å². The molecule has 1 unspecified atom stereocenters. The fourth-order valence-corrected chi connectivity index (χ4v) is 6.32. The van der Waals surface area contributed by atoms with E-state index in [-0.39, 0.29) is 4.90 Å². The SMILES string of the molecule is Cc1ccc(C)c(S(=O)(=O)NCC2CSCCS2)c1N. The standard InChI is InChI=1S/C13H20N2O2S3/c1-9-3-4-10(2)13(12(9)14)20(16,17)15-7-11-8-18-5-6-19-11/h3-4,11,15H,5-8,14H2,1-2H3. The van der Waals surface area contributed by atoms with Crippen LogP contribution in [0.25, 0.3) is 0 Å². The van der Waals surface area contributed by atoms with Crippen molar-refractivity contribution in [2.75, 3.05) is 29.5 Å². The van der Waals surface area contributed by atoms with E-state index in [1.807, 2.05) is 36.5 Å². The summed E-state index contributed by atoms with van der Waals surface area (Å²) in [5, 5.41) is 0.342. The highest BCUT2D eigenvalue weighted by Crippen LogP contribution is 2.27. The van der Waals surface area contributed by atoms with Gasteiger partial charge >= 0.3 is 0 Å². The third kappa shape index (κ3) is 3.63. The van der Waals surface area contributed by atoms with Crippen LogP contribution in [0.15, 0.2) is 17.0 Å². The first kappa shape index (κ1) is 16.0. The zero-order valence-corrected chi connectivity index (χ0v) is 14.1. The number of aryl methyl sites for hydroxylation is 2. The van der Waals surface area contributed by atoms with Crippen LogP contribution in [-0.2, 0) is 10.0 Å². The van der Waals surface area contributed by atoms with Crippen molar-refractivity contribution in [1.82, 2.24) is 4.72 Å². The van der Waals surface area contributed by atoms with Crippen LogP contribution < -0.4 is 10.5 Å². The van der Waals surface area contributed by atoms with Crippen LogP contribution in [0.1, 0.15) is 11.1 Å². The highest BCUT2D eigenvalue weighted by Gasteiger charge is 2.23. The van der Waals surface area contributed by atoms with E-state index in [9.17, 15) is 8.42 Å². The maximum atomic E-state index is 12.5. The Labute approximate surface area is 129 Å². The van der Waals surface area contributed by atoms with Crippen molar-refractivity contribution >= 4 is 39.2 Å². The van der Waals surface area contributed by atoms with Crippen LogP contribution >= 0.6 is 23.5 Å². The van der Waals surface area contributed by atoms with Gasteiger partial charge in [-0.1, -0.05) is 12.1 Å². The lowest BCUT2D eigenvalue weighted by molar-refractivity contribution is 0.581. The molecule has 0 amide bonds. The van der Waals surface area contributed by atoms with E-state index in [2.05, 4.69) is 4.72 Å². The number of hydrogen-bond donors (Lipinski definition) is 2. The molecule has 0 radical (unpaired) electrons. The summed E-state index contributed by atoms with van der Waals surface area (Å²) in [6.45, 7) is 4.06. The van der Waals surface area contributed by atoms with Gasteiger partial charge in [0.1, 0.15) is 4.90 Å². The third-order valence-electron chi connectivity index (χ3n) is 3.27. The Morgan fingerprint density at radius 2 is 2.00 bits per heavy atom. The van der Waals surface area contributed by atoms with Crippen molar-refractivity contribution in [2.24, 2.45) is 0 Å². The average molecular weight is 333 g/mol. The molecular formula is C13H20N2O2S3. The normalized spacial score (nSPS) is 20.0. The molecule has 7 heteroatoms. The minimum Gasteiger partial charge on any atom is -0.397 e. The van der Waals surface area contributed by atoms with Gasteiger partial charge in [0.15, 0.2) is 0 Å². The fourth-order valence-electron chi connectivity index (χ4n) is 2.09. The molecule has 20 heavy (non-hydrogen) atoms. The number of nitrogens with two attached hydrogens (primary N) is 1. The molecule has 3 N–H and O–H groups in total. The second-order valence-electron chi connectivity index (χ2n) is 4.86. The minimum absolute atomic E-state index is 0.228. The van der Waals surface area contributed by atoms with Gasteiger partial charge in [0, 0.05) is 29.1 Å². The molecule has 1 fully saturated rings. The molecule has 1 aromatic carbocycles. The molecule has 0 aliphatic carbocycles. The number of anilines is 1. The van der Waals surface area contributed by atoms with Crippen molar-refractivity contribution < 1.29 is 8.42 Å². The number of sulfonamides is 1. The van der Waals surface area contributed by atoms with Crippen molar-refractivity contribution in [3.05, 3.63) is 23.3 Å². The highest BCUT2D eigenvalue weighted by atomic mass is 32.2. The Kier molecular flexibility index (Phi) is 5.28. The zero-order valence-electron chi connectivity index (χ0n) is 11.7. The molecule has 1 atom stereocenters. The number of rotatable bonds is 4. The number of hydrogen-bond acceptors (Lipinski definition) is 5. The lowest BCUT2D eigenvalue weighted by Gasteiger charge is -2.21. The molecule has 0 aromatic heterocycles. The molecule has 0 spiro atoms. The molecule has 1 heterocycles. The van der Waals surface area contributed by atoms with Gasteiger partial charge in [0.25, 0.3) is 0 Å². The van der Waals surface area contributed by atoms with Gasteiger partial charge in [-0.25, -0.2) is 13.1 Å². The summed E-state index contributed by atoms with van der Waals surface area (Å²) in [6.07, 6.45) is 0. The van der Waals surface area contributed by atoms with Gasteiger partial charge in [0.2, 0.25) is 10.0 Å². The molecule has 2 rings (SSSR count). The smallest absolute Gasteiger partial charge is 0.242 e. The molecule has 0 saturated carbocycles. The summed E-state index contributed by atoms with van der Waals surface area (Å²) in [5.74, 6) is 3.23. The van der Waals surface area contributed by atoms with E-state index in [1.165, 1.54) is 0 Å². The first-order chi connectivity index (χ1) is 9.42. The predicted molar refractivity (Wildman–Crippen MR) is 89.1 cm³/mol. The third-order valence-corrected chi connectivity index (χ3v) is 7.74. The molecule has 1 aliphatic rings. The van der Waals surface area contributed by atoms with Gasteiger partial charge in [-0.15, -0.1) is 0 Å². The molecule has 112 valence electrons. The minimum atomic E-state index is -3.54. The lowest BCUT2D eigenvalue weighted by atomic mass is 10.1. The topological polar surface area (TPSA) is 72.2 Å². The maximum absolute atomic E-state index is 12.5. The Morgan fingerprint density at radius 1 is 1.30 bits per heavy atom. The van der Waals surface area contributed by atoms with Crippen molar-refractivity contribution in [3.8, 4) is 0 Å². The molecular weight excluding hydrogens is 312 g/mol. The average Bonchev–Trinajstić information content (AvgIpc) is 2.42. The zero-order chi connectivity index (χ0) is 14.8. The van der Waals surface area contributed by atoms with E-state index in [4.69, 9.17) is 5.73 Å². The van der Waals surface area contributed by atoms with E-state index in [0.717, 1.165) is 22.8 Å². The molecule has 0 bridgehead atoms. The molecule has 1 aromatic rings. The van der Waals surface area contributed by atoms with Gasteiger partial charge < -0.3 is 5.73 Å². The Bertz CT molecular complexity index is 582. The summed E-state index contributed by atoms with van der Waals surface area (Å²) < 4.78 is 27.6. The molecule has 1 saturated heterocycles. The van der Waals surface area contributed by atoms with Gasteiger partial charge in [-0.3, -0.25) is 0 Å². The predicted octanol–water partition coefficient (Wildman–Crippen LogP) is 2.01. The quantitative estimate of drug-likeness (QED) is 0.825. The second-order valence-corrected chi connectivity index (χ2v) is 9.12. The highest BCUT2D eigenvalue weighted by molar-refractivity contribution is 8.06. The van der Waals surface area contributed by atoms with Crippen LogP contribution in [0, 0.1) is 13.8 Å². The van der Waals surface area contributed by atoms with Crippen molar-refractivity contribution in [3.63, 3.8) is 0 Å². The first-order valence-corrected chi connectivity index (χ1v) is 10.1. The Balaban J connectivity index is 2.16. The number of benzene rings is 1. The van der Waals surface area contributed by atoms with Gasteiger partial charge in [0.05, 0.1) is 5.69 Å². The monoisotopic (exact) mass is 332 g/mol. The van der Waals surface area contributed by atoms with E-state index in [0.29, 0.717) is 23.0 Å². The molecule has 1 aliphatic heterocycles. The number of nitrogen functional groups attached to an aromatic ring is 1. The summed E-state index contributed by atoms with van der Waals surface area (Å²) in [5.41, 5.74) is 7.78. The number of nitrogens with one attached hydrogen (secondary N) is 1. The van der Waals surface area contributed by atoms with E-state index < -0.39 is 10.0 Å². The van der Waals surface area contributed by atoms with E-state index in [1.54, 1.807) is 13.0 Å². The summed E-state index contributed by atoms with van der Waals surface area (Å²) in [7, 11) is -3.54. The fraction of sp³-hybridized carbons (Fsp3) is 0.538. The first-order valence-electron chi connectivity index (χ1n) is 6.46. The maximum Gasteiger partial charge on any atom is 0.242 e. The summed E-state index contributed by atoms with van der Waals surface area (Å²) >= 11 is 3.71. The Hall–Kier alpha value is -0.370. The van der Waals surface area contributed by atoms with Gasteiger partial charge in [-0.05, 0) is 25.0 Å². The van der Waals surface area contributed by atoms with Crippen LogP contribution in [0.2, 0.25) is 0 Å². The van der Waals surface area contributed by atoms with Crippen LogP contribution in [0.3, 0.4) is 0 Å². The van der Waals surface area contributed by atoms with Crippen LogP contribution in [-0.4, -0.2) is 37.5 Å². The largest absolute Gasteiger partial charge is 0.397 e. The summed E-state index contributed by atoms with van der Waals surface area (Å²) in [6, 6.07) is 3.64. The van der Waals surface area contributed by atoms with E-state index >= 15 is 0 Å². The summed E-state index contributed by atoms with van der Waals surface area (Å²) in [4.78, 5) is 0.228. The Morgan fingerprint density at radius 3 is 2.65 bits per heavy atom. The lowest BCUT2D eigenvalue weighted by Crippen LogP contribution is -2.34. The van der Waals surface area contributed by atoms with Crippen molar-refractivity contribution in [2.45, 2.75) is 24.0 Å². The van der Waals surface area contributed by atoms with Crippen LogP contribution in [0.4, 0.5) is 5.69 Å². The molecule has 4 nitrogen and oxygen atoms in total. The van der Waals surface area contributed by atoms with Crippen molar-refractivity contribution in [1.29, 1.82) is 0 Å².